The summed E-state index contributed by atoms with van der Waals surface area (Å²) in [5, 5.41) is 0. The van der Waals surface area contributed by atoms with Gasteiger partial charge in [0.05, 0.1) is 6.61 Å². The molecule has 2 heteroatoms. The van der Waals surface area contributed by atoms with E-state index in [1.165, 1.54) is 25.7 Å². The minimum absolute atomic E-state index is 0.00995. The fourth-order valence-corrected chi connectivity index (χ4v) is 2.19. The Morgan fingerprint density at radius 2 is 2.00 bits per heavy atom. The lowest BCUT2D eigenvalue weighted by Crippen LogP contribution is -2.09. The summed E-state index contributed by atoms with van der Waals surface area (Å²) in [7, 11) is 0. The first kappa shape index (κ1) is 10.6. The monoisotopic (exact) mass is 184 g/mol. The molecule has 2 atom stereocenters. The Labute approximate surface area is 80.7 Å². The summed E-state index contributed by atoms with van der Waals surface area (Å²) in [6.07, 6.45) is 5.66. The van der Waals surface area contributed by atoms with Crippen molar-refractivity contribution >= 4 is 5.97 Å². The Morgan fingerprint density at radius 3 is 2.54 bits per heavy atom. The van der Waals surface area contributed by atoms with Crippen LogP contribution in [0.15, 0.2) is 0 Å². The third-order valence-corrected chi connectivity index (χ3v) is 2.99. The fourth-order valence-electron chi connectivity index (χ4n) is 2.19. The molecule has 0 N–H and O–H groups in total. The van der Waals surface area contributed by atoms with Crippen LogP contribution in [0.2, 0.25) is 0 Å². The van der Waals surface area contributed by atoms with Crippen molar-refractivity contribution in [1.29, 1.82) is 0 Å². The molecule has 2 nitrogen and oxygen atoms in total. The van der Waals surface area contributed by atoms with Crippen molar-refractivity contribution < 1.29 is 9.53 Å². The number of ether oxygens (including phenoxy) is 1. The van der Waals surface area contributed by atoms with E-state index in [1.807, 2.05) is 6.92 Å². The van der Waals surface area contributed by atoms with Crippen molar-refractivity contribution in [1.82, 2.24) is 0 Å². The summed E-state index contributed by atoms with van der Waals surface area (Å²) >= 11 is 0. The second kappa shape index (κ2) is 5.25. The number of esters is 1. The van der Waals surface area contributed by atoms with E-state index in [0.717, 1.165) is 5.92 Å². The maximum absolute atomic E-state index is 11.2. The van der Waals surface area contributed by atoms with Gasteiger partial charge in [-0.05, 0) is 31.6 Å². The summed E-state index contributed by atoms with van der Waals surface area (Å²) < 4.78 is 4.93. The largest absolute Gasteiger partial charge is 0.466 e. The molecule has 1 unspecified atom stereocenters. The van der Waals surface area contributed by atoms with Crippen LogP contribution in [0.4, 0.5) is 0 Å². The van der Waals surface area contributed by atoms with Gasteiger partial charge in [0.25, 0.3) is 0 Å². The second-order valence-corrected chi connectivity index (χ2v) is 3.96. The van der Waals surface area contributed by atoms with Gasteiger partial charge in [-0.25, -0.2) is 0 Å². The smallest absolute Gasteiger partial charge is 0.306 e. The molecular formula is C11H20O2. The molecule has 1 aliphatic rings. The summed E-state index contributed by atoms with van der Waals surface area (Å²) in [6.45, 7) is 4.61. The third kappa shape index (κ3) is 3.37. The molecule has 0 amide bonds. The summed E-state index contributed by atoms with van der Waals surface area (Å²) in [5.74, 6) is 1.45. The predicted octanol–water partition coefficient (Wildman–Crippen LogP) is 2.77. The number of hydrogen-bond donors (Lipinski definition) is 0. The van der Waals surface area contributed by atoms with Gasteiger partial charge in [0.15, 0.2) is 0 Å². The molecule has 1 saturated carbocycles. The van der Waals surface area contributed by atoms with E-state index in [0.29, 0.717) is 18.9 Å². The first-order valence-electron chi connectivity index (χ1n) is 5.41. The van der Waals surface area contributed by atoms with Crippen LogP contribution < -0.4 is 0 Å². The number of carbonyl (C=O) groups is 1. The molecule has 1 rings (SSSR count). The van der Waals surface area contributed by atoms with Crippen LogP contribution in [0.5, 0.6) is 0 Å². The van der Waals surface area contributed by atoms with E-state index in [1.54, 1.807) is 0 Å². The molecule has 0 radical (unpaired) electrons. The van der Waals surface area contributed by atoms with Gasteiger partial charge in [0.2, 0.25) is 0 Å². The summed E-state index contributed by atoms with van der Waals surface area (Å²) in [4.78, 5) is 11.2. The maximum atomic E-state index is 11.2. The maximum Gasteiger partial charge on any atom is 0.306 e. The molecule has 0 aliphatic heterocycles. The van der Waals surface area contributed by atoms with Crippen molar-refractivity contribution in [3.05, 3.63) is 0 Å². The molecule has 0 aromatic rings. The minimum Gasteiger partial charge on any atom is -0.466 e. The zero-order valence-electron chi connectivity index (χ0n) is 8.71. The van der Waals surface area contributed by atoms with E-state index in [-0.39, 0.29) is 5.97 Å². The first-order chi connectivity index (χ1) is 6.26. The minimum atomic E-state index is -0.00995. The van der Waals surface area contributed by atoms with Crippen molar-refractivity contribution in [3.63, 3.8) is 0 Å². The standard InChI is InChI=1S/C11H20O2/c1-3-9-5-6-10(7-9)8-11(12)13-4-2/h9-10H,3-8H2,1-2H3/t9-,10?/m0/s1. The fraction of sp³-hybridized carbons (Fsp3) is 0.909. The molecule has 0 aromatic carbocycles. The zero-order chi connectivity index (χ0) is 9.68. The second-order valence-electron chi connectivity index (χ2n) is 3.96. The molecular weight excluding hydrogens is 164 g/mol. The molecule has 76 valence electrons. The molecule has 1 fully saturated rings. The Balaban J connectivity index is 2.19. The molecule has 0 saturated heterocycles. The summed E-state index contributed by atoms with van der Waals surface area (Å²) in [5.41, 5.74) is 0. The SMILES string of the molecule is CCOC(=O)CC1CC[C@H](CC)C1. The van der Waals surface area contributed by atoms with Gasteiger partial charge >= 0.3 is 5.97 Å². The van der Waals surface area contributed by atoms with Crippen LogP contribution in [0.1, 0.15) is 46.0 Å². The normalized spacial score (nSPS) is 27.5. The average Bonchev–Trinajstić information content (AvgIpc) is 2.52. The molecule has 13 heavy (non-hydrogen) atoms. The van der Waals surface area contributed by atoms with Crippen LogP contribution in [0.25, 0.3) is 0 Å². The van der Waals surface area contributed by atoms with Gasteiger partial charge in [-0.15, -0.1) is 0 Å². The van der Waals surface area contributed by atoms with Gasteiger partial charge < -0.3 is 4.74 Å². The number of carbonyl (C=O) groups excluding carboxylic acids is 1. The van der Waals surface area contributed by atoms with Gasteiger partial charge in [-0.1, -0.05) is 19.8 Å². The van der Waals surface area contributed by atoms with Crippen LogP contribution in [-0.4, -0.2) is 12.6 Å². The molecule has 0 bridgehead atoms. The van der Waals surface area contributed by atoms with E-state index in [9.17, 15) is 4.79 Å². The average molecular weight is 184 g/mol. The highest BCUT2D eigenvalue weighted by Crippen LogP contribution is 2.34. The first-order valence-corrected chi connectivity index (χ1v) is 5.41. The van der Waals surface area contributed by atoms with Crippen LogP contribution >= 0.6 is 0 Å². The highest BCUT2D eigenvalue weighted by Gasteiger charge is 2.25. The molecule has 0 aromatic heterocycles. The highest BCUT2D eigenvalue weighted by atomic mass is 16.5. The van der Waals surface area contributed by atoms with E-state index >= 15 is 0 Å². The van der Waals surface area contributed by atoms with Crippen molar-refractivity contribution in [3.8, 4) is 0 Å². The topological polar surface area (TPSA) is 26.3 Å². The van der Waals surface area contributed by atoms with Crippen LogP contribution in [-0.2, 0) is 9.53 Å². The lowest BCUT2D eigenvalue weighted by atomic mass is 10.0. The van der Waals surface area contributed by atoms with Gasteiger partial charge in [-0.3, -0.25) is 4.79 Å². The van der Waals surface area contributed by atoms with Crippen LogP contribution in [0, 0.1) is 11.8 Å². The van der Waals surface area contributed by atoms with E-state index < -0.39 is 0 Å². The van der Waals surface area contributed by atoms with E-state index in [2.05, 4.69) is 6.92 Å². The van der Waals surface area contributed by atoms with Crippen molar-refractivity contribution in [2.45, 2.75) is 46.0 Å². The van der Waals surface area contributed by atoms with Crippen molar-refractivity contribution in [2.75, 3.05) is 6.61 Å². The summed E-state index contributed by atoms with van der Waals surface area (Å²) in [6, 6.07) is 0. The molecule has 1 aliphatic carbocycles. The van der Waals surface area contributed by atoms with Crippen LogP contribution in [0.3, 0.4) is 0 Å². The van der Waals surface area contributed by atoms with E-state index in [4.69, 9.17) is 4.74 Å². The zero-order valence-corrected chi connectivity index (χ0v) is 8.71. The van der Waals surface area contributed by atoms with Gasteiger partial charge in [0, 0.05) is 6.42 Å². The lowest BCUT2D eigenvalue weighted by Gasteiger charge is -2.08. The Morgan fingerprint density at radius 1 is 1.31 bits per heavy atom. The van der Waals surface area contributed by atoms with Gasteiger partial charge in [0.1, 0.15) is 0 Å². The Hall–Kier alpha value is -0.530. The Kier molecular flexibility index (Phi) is 4.26. The van der Waals surface area contributed by atoms with Crippen molar-refractivity contribution in [2.24, 2.45) is 11.8 Å². The third-order valence-electron chi connectivity index (χ3n) is 2.99. The quantitative estimate of drug-likeness (QED) is 0.628. The molecule has 0 heterocycles. The lowest BCUT2D eigenvalue weighted by molar-refractivity contribution is -0.144. The molecule has 0 spiro atoms. The highest BCUT2D eigenvalue weighted by molar-refractivity contribution is 5.69. The predicted molar refractivity (Wildman–Crippen MR) is 52.4 cm³/mol. The number of hydrogen-bond acceptors (Lipinski definition) is 2. The number of rotatable bonds is 4. The Bertz CT molecular complexity index is 165. The van der Waals surface area contributed by atoms with Gasteiger partial charge in [-0.2, -0.15) is 0 Å².